The monoisotopic (exact) mass is 708 g/mol. The lowest BCUT2D eigenvalue weighted by Gasteiger charge is -2.37. The van der Waals surface area contributed by atoms with Crippen LogP contribution in [0.1, 0.15) is 32.3 Å². The van der Waals surface area contributed by atoms with Gasteiger partial charge in [-0.3, -0.25) is 4.98 Å². The number of aromatic nitrogens is 3. The molecule has 2 aromatic carbocycles. The van der Waals surface area contributed by atoms with Gasteiger partial charge in [-0.05, 0) is 82.2 Å². The van der Waals surface area contributed by atoms with Gasteiger partial charge in [0.15, 0.2) is 0 Å². The maximum Gasteiger partial charge on any atom is 0.229 e. The van der Waals surface area contributed by atoms with Crippen molar-refractivity contribution >= 4 is 73.8 Å². The van der Waals surface area contributed by atoms with Crippen molar-refractivity contribution in [3.05, 3.63) is 58.8 Å². The maximum absolute atomic E-state index is 13.5. The van der Waals surface area contributed by atoms with Crippen molar-refractivity contribution in [1.82, 2.24) is 19.9 Å². The van der Waals surface area contributed by atoms with Gasteiger partial charge in [-0.15, -0.1) is 0 Å². The molecule has 5 rings (SSSR count). The Balaban J connectivity index is 1.52. The zero-order valence-corrected chi connectivity index (χ0v) is 29.9. The van der Waals surface area contributed by atoms with Crippen LogP contribution in [0.5, 0.6) is 5.75 Å². The van der Waals surface area contributed by atoms with Crippen LogP contribution < -0.4 is 25.6 Å². The summed E-state index contributed by atoms with van der Waals surface area (Å²) in [6, 6.07) is 12.4. The van der Waals surface area contributed by atoms with E-state index in [2.05, 4.69) is 71.6 Å². The highest BCUT2D eigenvalue weighted by atomic mass is 79.9. The van der Waals surface area contributed by atoms with Crippen LogP contribution in [0.4, 0.5) is 28.8 Å². The number of halogens is 1. The molecule has 0 radical (unpaired) electrons. The van der Waals surface area contributed by atoms with Crippen LogP contribution in [0.2, 0.25) is 0 Å². The first-order valence-corrected chi connectivity index (χ1v) is 18.7. The normalized spacial score (nSPS) is 14.5. The summed E-state index contributed by atoms with van der Waals surface area (Å²) in [6.07, 6.45) is 5.51. The molecular weight excluding hydrogens is 667 g/mol. The van der Waals surface area contributed by atoms with Crippen LogP contribution in [0.25, 0.3) is 10.9 Å². The van der Waals surface area contributed by atoms with Gasteiger partial charge in [0.05, 0.1) is 39.9 Å². The molecule has 0 aliphatic carbocycles. The summed E-state index contributed by atoms with van der Waals surface area (Å²) in [5, 5.41) is 12.6. The quantitative estimate of drug-likeness (QED) is 0.0977. The van der Waals surface area contributed by atoms with Crippen LogP contribution in [0, 0.1) is 0 Å². The van der Waals surface area contributed by atoms with Gasteiger partial charge >= 0.3 is 0 Å². The molecule has 0 spiro atoms. The molecule has 0 unspecified atom stereocenters. The van der Waals surface area contributed by atoms with Crippen LogP contribution in [0.3, 0.4) is 0 Å². The number of pyridine rings is 1. The van der Waals surface area contributed by atoms with Crippen LogP contribution in [0.15, 0.2) is 58.4 Å². The molecule has 0 atom stereocenters. The molecule has 1 saturated heterocycles. The first-order chi connectivity index (χ1) is 22.0. The number of nitrogens with one attached hydrogen (secondary N) is 2. The number of piperidine rings is 1. The number of hydrogen-bond acceptors (Lipinski definition) is 11. The number of anilines is 5. The molecule has 1 fully saturated rings. The maximum atomic E-state index is 13.5. The predicted molar refractivity (Wildman–Crippen MR) is 193 cm³/mol. The third-order valence-corrected chi connectivity index (χ3v) is 10.2. The summed E-state index contributed by atoms with van der Waals surface area (Å²) in [4.78, 5) is 23.8. The Morgan fingerprint density at radius 2 is 1.85 bits per heavy atom. The molecule has 244 valence electrons. The van der Waals surface area contributed by atoms with Crippen LogP contribution >= 0.6 is 23.1 Å². The van der Waals surface area contributed by atoms with Gasteiger partial charge in [-0.1, -0.05) is 23.4 Å². The third kappa shape index (κ3) is 7.45. The van der Waals surface area contributed by atoms with Crippen molar-refractivity contribution in [1.29, 1.82) is 0 Å². The SMILES string of the molecule is CCOc1cc(N2CCC(N(C)C)CC2)c(/C(C)=N/OC)cc1Nc1ncc(Br)c(Nc2cnc3ccccc3c2P(C)(C)=O)n1. The lowest BCUT2D eigenvalue weighted by atomic mass is 10.00. The van der Waals surface area contributed by atoms with E-state index in [4.69, 9.17) is 14.6 Å². The Morgan fingerprint density at radius 3 is 2.52 bits per heavy atom. The largest absolute Gasteiger partial charge is 0.492 e. The average molecular weight is 710 g/mol. The van der Waals surface area contributed by atoms with Gasteiger partial charge in [-0.2, -0.15) is 4.98 Å². The Labute approximate surface area is 279 Å². The highest BCUT2D eigenvalue weighted by molar-refractivity contribution is 9.10. The number of ether oxygens (including phenoxy) is 1. The molecule has 13 heteroatoms. The summed E-state index contributed by atoms with van der Waals surface area (Å²) in [5.41, 5.74) is 4.83. The molecule has 2 N–H and O–H groups in total. The number of benzene rings is 2. The first kappa shape index (κ1) is 33.6. The van der Waals surface area contributed by atoms with Gasteiger partial charge in [-0.25, -0.2) is 4.98 Å². The fraction of sp³-hybridized carbons (Fsp3) is 0.394. The van der Waals surface area contributed by atoms with Crippen molar-refractivity contribution in [2.45, 2.75) is 32.7 Å². The summed E-state index contributed by atoms with van der Waals surface area (Å²) >= 11 is 3.58. The Morgan fingerprint density at radius 1 is 1.11 bits per heavy atom. The number of oxime groups is 1. The van der Waals surface area contributed by atoms with E-state index in [9.17, 15) is 4.57 Å². The molecule has 46 heavy (non-hydrogen) atoms. The van der Waals surface area contributed by atoms with Crippen molar-refractivity contribution < 1.29 is 14.1 Å². The minimum Gasteiger partial charge on any atom is -0.492 e. The molecule has 3 heterocycles. The molecule has 4 aromatic rings. The minimum atomic E-state index is -2.70. The second-order valence-electron chi connectivity index (χ2n) is 11.9. The molecule has 0 amide bonds. The highest BCUT2D eigenvalue weighted by Gasteiger charge is 2.26. The van der Waals surface area contributed by atoms with E-state index in [-0.39, 0.29) is 0 Å². The molecule has 0 bridgehead atoms. The van der Waals surface area contributed by atoms with Crippen molar-refractivity contribution in [3.63, 3.8) is 0 Å². The Hall–Kier alpha value is -3.73. The minimum absolute atomic E-state index is 0.352. The molecule has 0 saturated carbocycles. The predicted octanol–water partition coefficient (Wildman–Crippen LogP) is 6.82. The van der Waals surface area contributed by atoms with Crippen LogP contribution in [-0.4, -0.2) is 85.8 Å². The number of para-hydroxylation sites is 1. The van der Waals surface area contributed by atoms with Gasteiger partial charge in [0.25, 0.3) is 0 Å². The van der Waals surface area contributed by atoms with Gasteiger partial charge in [0.2, 0.25) is 5.95 Å². The Kier molecular flexibility index (Phi) is 10.5. The highest BCUT2D eigenvalue weighted by Crippen LogP contribution is 2.42. The molecular formula is C33H42BrN8O3P. The van der Waals surface area contributed by atoms with Gasteiger partial charge in [0, 0.05) is 53.3 Å². The van der Waals surface area contributed by atoms with E-state index in [0.717, 1.165) is 59.1 Å². The van der Waals surface area contributed by atoms with Gasteiger partial charge in [0.1, 0.15) is 25.8 Å². The number of nitrogens with zero attached hydrogens (tertiary/aromatic N) is 6. The smallest absolute Gasteiger partial charge is 0.229 e. The summed E-state index contributed by atoms with van der Waals surface area (Å²) in [7, 11) is 3.14. The van der Waals surface area contributed by atoms with Crippen molar-refractivity contribution in [2.24, 2.45) is 5.16 Å². The first-order valence-electron chi connectivity index (χ1n) is 15.3. The zero-order chi connectivity index (χ0) is 33.0. The number of rotatable bonds is 11. The van der Waals surface area contributed by atoms with E-state index >= 15 is 0 Å². The molecule has 2 aromatic heterocycles. The zero-order valence-electron chi connectivity index (χ0n) is 27.5. The number of hydrogen-bond donors (Lipinski definition) is 2. The Bertz CT molecular complexity index is 1790. The standard InChI is InChI=1S/C33H42BrN8O3P/c1-8-45-30-18-29(42-15-13-22(14-16-42)41(3)4)24(21(2)40-44-5)17-27(30)38-33-36-19-25(34)32(39-33)37-28-20-35-26-12-10-9-11-23(26)31(28)46(6,7)43/h9-12,17-20,22H,8,13-16H2,1-7H3,(H2,36,37,38,39)/b40-21+. The number of fused-ring (bicyclic) bond motifs is 1. The van der Waals surface area contributed by atoms with Crippen LogP contribution in [-0.2, 0) is 9.40 Å². The molecule has 1 aliphatic rings. The topological polar surface area (TPSA) is 117 Å². The lowest BCUT2D eigenvalue weighted by molar-refractivity contribution is 0.213. The summed E-state index contributed by atoms with van der Waals surface area (Å²) in [5.74, 6) is 1.53. The van der Waals surface area contributed by atoms with E-state index < -0.39 is 7.14 Å². The van der Waals surface area contributed by atoms with E-state index in [1.54, 1.807) is 32.8 Å². The summed E-state index contributed by atoms with van der Waals surface area (Å²) < 4.78 is 20.3. The molecule has 1 aliphatic heterocycles. The van der Waals surface area contributed by atoms with Crippen molar-refractivity contribution in [2.75, 3.05) is 69.8 Å². The lowest BCUT2D eigenvalue weighted by Crippen LogP contribution is -2.42. The fourth-order valence-corrected chi connectivity index (χ4v) is 7.62. The van der Waals surface area contributed by atoms with E-state index in [0.29, 0.717) is 46.0 Å². The molecule has 11 nitrogen and oxygen atoms in total. The van der Waals surface area contributed by atoms with E-state index in [1.807, 2.05) is 44.2 Å². The second kappa shape index (κ2) is 14.4. The average Bonchev–Trinajstić information content (AvgIpc) is 3.02. The van der Waals surface area contributed by atoms with E-state index in [1.165, 1.54) is 0 Å². The fourth-order valence-electron chi connectivity index (χ4n) is 5.86. The summed E-state index contributed by atoms with van der Waals surface area (Å²) in [6.45, 7) is 9.76. The second-order valence-corrected chi connectivity index (χ2v) is 15.9. The van der Waals surface area contributed by atoms with Gasteiger partial charge < -0.3 is 34.6 Å². The third-order valence-electron chi connectivity index (χ3n) is 8.08. The van der Waals surface area contributed by atoms with Crippen molar-refractivity contribution in [3.8, 4) is 5.75 Å².